The second-order valence-electron chi connectivity index (χ2n) is 4.39. The molecule has 0 rings (SSSR count). The summed E-state index contributed by atoms with van der Waals surface area (Å²) < 4.78 is 9.50. The van der Waals surface area contributed by atoms with Gasteiger partial charge in [0.25, 0.3) is 0 Å². The molecule has 0 aromatic rings. The monoisotopic (exact) mass is 257 g/mol. The number of carbonyl (C=O) groups excluding carboxylic acids is 2. The minimum Gasteiger partial charge on any atom is -0.456 e. The molecule has 0 aliphatic rings. The van der Waals surface area contributed by atoms with Crippen molar-refractivity contribution in [1.29, 1.82) is 0 Å². The third kappa shape index (κ3) is 9.48. The van der Waals surface area contributed by atoms with E-state index in [-0.39, 0.29) is 13.2 Å². The lowest BCUT2D eigenvalue weighted by Gasteiger charge is -2.19. The molecule has 0 aliphatic heterocycles. The Bertz CT molecular complexity index is 348. The Balaban J connectivity index is 4.00. The molecule has 2 N–H and O–H groups in total. The molecule has 0 aromatic heterocycles. The van der Waals surface area contributed by atoms with E-state index in [4.69, 9.17) is 4.74 Å². The molecule has 0 saturated heterocycles. The molecule has 1 unspecified atom stereocenters. The lowest BCUT2D eigenvalue weighted by atomic mass is 10.2. The smallest absolute Gasteiger partial charge is 0.407 e. The van der Waals surface area contributed by atoms with Crippen LogP contribution in [0.3, 0.4) is 0 Å². The number of carbonyl (C=O) groups is 2. The van der Waals surface area contributed by atoms with Crippen molar-refractivity contribution in [2.75, 3.05) is 13.2 Å². The third-order valence-electron chi connectivity index (χ3n) is 1.45. The molecule has 6 heteroatoms. The molecule has 6 nitrogen and oxygen atoms in total. The van der Waals surface area contributed by atoms with Gasteiger partial charge in [-0.2, -0.15) is 0 Å². The molecule has 1 amide bonds. The summed E-state index contributed by atoms with van der Waals surface area (Å²) >= 11 is 0. The van der Waals surface area contributed by atoms with Crippen molar-refractivity contribution in [1.82, 2.24) is 5.32 Å². The second-order valence-corrected chi connectivity index (χ2v) is 4.39. The molecule has 0 heterocycles. The highest BCUT2D eigenvalue weighted by atomic mass is 16.6. The molecule has 0 aliphatic carbocycles. The highest BCUT2D eigenvalue weighted by Crippen LogP contribution is 2.06. The molecular weight excluding hydrogens is 238 g/mol. The maximum atomic E-state index is 11.2. The van der Waals surface area contributed by atoms with E-state index in [1.165, 1.54) is 0 Å². The van der Waals surface area contributed by atoms with Crippen LogP contribution in [0.5, 0.6) is 0 Å². The predicted octanol–water partition coefficient (Wildman–Crippen LogP) is 0.438. The Morgan fingerprint density at radius 2 is 2.00 bits per heavy atom. The zero-order valence-corrected chi connectivity index (χ0v) is 11.1. The van der Waals surface area contributed by atoms with Gasteiger partial charge in [0.05, 0.1) is 13.2 Å². The van der Waals surface area contributed by atoms with Crippen molar-refractivity contribution in [2.45, 2.75) is 39.4 Å². The van der Waals surface area contributed by atoms with Gasteiger partial charge in [-0.15, -0.1) is 0 Å². The van der Waals surface area contributed by atoms with Crippen LogP contribution in [0.15, 0.2) is 0 Å². The quantitative estimate of drug-likeness (QED) is 0.435. The van der Waals surface area contributed by atoms with Gasteiger partial charge in [-0.3, -0.25) is 0 Å². The zero-order valence-electron chi connectivity index (χ0n) is 11.1. The van der Waals surface area contributed by atoms with Crippen LogP contribution < -0.4 is 5.32 Å². The average molecular weight is 257 g/mol. The van der Waals surface area contributed by atoms with Gasteiger partial charge in [0.2, 0.25) is 0 Å². The van der Waals surface area contributed by atoms with Gasteiger partial charge in [0, 0.05) is 5.92 Å². The van der Waals surface area contributed by atoms with Crippen LogP contribution in [0.25, 0.3) is 0 Å². The lowest BCUT2D eigenvalue weighted by molar-refractivity contribution is -0.136. The fourth-order valence-corrected chi connectivity index (χ4v) is 0.855. The van der Waals surface area contributed by atoms with E-state index in [9.17, 15) is 14.7 Å². The normalized spacial score (nSPS) is 11.8. The first-order valence-corrected chi connectivity index (χ1v) is 5.58. The number of hydrogen-bond acceptors (Lipinski definition) is 5. The van der Waals surface area contributed by atoms with E-state index >= 15 is 0 Å². The Morgan fingerprint density at radius 3 is 2.50 bits per heavy atom. The topological polar surface area (TPSA) is 84.9 Å². The summed E-state index contributed by atoms with van der Waals surface area (Å²) in [5.41, 5.74) is -0.606. The van der Waals surface area contributed by atoms with E-state index < -0.39 is 23.8 Å². The Kier molecular flexibility index (Phi) is 6.83. The Hall–Kier alpha value is -1.74. The fourth-order valence-electron chi connectivity index (χ4n) is 0.855. The summed E-state index contributed by atoms with van der Waals surface area (Å²) in [7, 11) is 0. The van der Waals surface area contributed by atoms with Crippen molar-refractivity contribution in [3.63, 3.8) is 0 Å². The van der Waals surface area contributed by atoms with Crippen LogP contribution in [-0.4, -0.2) is 42.0 Å². The Morgan fingerprint density at radius 1 is 1.39 bits per heavy atom. The molecule has 102 valence electrons. The predicted molar refractivity (Wildman–Crippen MR) is 64.7 cm³/mol. The van der Waals surface area contributed by atoms with Gasteiger partial charge >= 0.3 is 12.1 Å². The number of aliphatic hydroxyl groups excluding tert-OH is 1. The standard InChI is InChI=1S/C12H19NO5/c1-5-17-10(15)7-6-9(14)8-13-11(16)18-12(2,3)4/h9,14H,5,8H2,1-4H3,(H,13,16). The summed E-state index contributed by atoms with van der Waals surface area (Å²) in [6.07, 6.45) is -1.80. The molecule has 0 bridgehead atoms. The molecular formula is C12H19NO5. The summed E-state index contributed by atoms with van der Waals surface area (Å²) in [5.74, 6) is 3.63. The number of alkyl carbamates (subject to hydrolysis) is 1. The van der Waals surface area contributed by atoms with Crippen LogP contribution in [0.2, 0.25) is 0 Å². The third-order valence-corrected chi connectivity index (χ3v) is 1.45. The van der Waals surface area contributed by atoms with Crippen LogP contribution in [0, 0.1) is 11.8 Å². The molecule has 18 heavy (non-hydrogen) atoms. The number of ether oxygens (including phenoxy) is 2. The first-order valence-electron chi connectivity index (χ1n) is 5.58. The number of aliphatic hydroxyl groups is 1. The van der Waals surface area contributed by atoms with E-state index in [1.807, 2.05) is 0 Å². The van der Waals surface area contributed by atoms with Crippen molar-refractivity contribution in [3.8, 4) is 11.8 Å². The summed E-state index contributed by atoms with van der Waals surface area (Å²) in [6, 6.07) is 0. The average Bonchev–Trinajstić information content (AvgIpc) is 2.21. The van der Waals surface area contributed by atoms with Crippen molar-refractivity contribution >= 4 is 12.1 Å². The zero-order chi connectivity index (χ0) is 14.2. The maximum Gasteiger partial charge on any atom is 0.407 e. The second kappa shape index (κ2) is 7.56. The van der Waals surface area contributed by atoms with Crippen molar-refractivity contribution in [3.05, 3.63) is 0 Å². The van der Waals surface area contributed by atoms with E-state index in [1.54, 1.807) is 27.7 Å². The largest absolute Gasteiger partial charge is 0.456 e. The number of nitrogens with one attached hydrogen (secondary N) is 1. The lowest BCUT2D eigenvalue weighted by Crippen LogP contribution is -2.36. The van der Waals surface area contributed by atoms with Crippen LogP contribution in [-0.2, 0) is 14.3 Å². The summed E-state index contributed by atoms with van der Waals surface area (Å²) in [5, 5.41) is 11.7. The minimum absolute atomic E-state index is 0.124. The van der Waals surface area contributed by atoms with E-state index in [0.29, 0.717) is 0 Å². The van der Waals surface area contributed by atoms with Gasteiger partial charge in [-0.05, 0) is 27.7 Å². The number of hydrogen-bond donors (Lipinski definition) is 2. The maximum absolute atomic E-state index is 11.2. The molecule has 0 saturated carbocycles. The van der Waals surface area contributed by atoms with Crippen molar-refractivity contribution < 1.29 is 24.2 Å². The summed E-state index contributed by atoms with van der Waals surface area (Å²) in [6.45, 7) is 6.93. The van der Waals surface area contributed by atoms with Crippen LogP contribution in [0.1, 0.15) is 27.7 Å². The van der Waals surface area contributed by atoms with Gasteiger partial charge in [0.1, 0.15) is 11.7 Å². The minimum atomic E-state index is -1.15. The number of rotatable bonds is 3. The molecule has 0 radical (unpaired) electrons. The first-order chi connectivity index (χ1) is 8.24. The SMILES string of the molecule is CCOC(=O)C#CC(O)CNC(=O)OC(C)(C)C. The van der Waals surface area contributed by atoms with Gasteiger partial charge in [0.15, 0.2) is 0 Å². The molecule has 1 atom stereocenters. The Labute approximate surface area is 107 Å². The molecule has 0 aromatic carbocycles. The molecule has 0 fully saturated rings. The molecule has 0 spiro atoms. The fraction of sp³-hybridized carbons (Fsp3) is 0.667. The van der Waals surface area contributed by atoms with Crippen LogP contribution >= 0.6 is 0 Å². The summed E-state index contributed by atoms with van der Waals surface area (Å²) in [4.78, 5) is 22.1. The van der Waals surface area contributed by atoms with Gasteiger partial charge in [-0.25, -0.2) is 9.59 Å². The first kappa shape index (κ1) is 16.3. The van der Waals surface area contributed by atoms with Gasteiger partial charge < -0.3 is 19.9 Å². The van der Waals surface area contributed by atoms with E-state index in [2.05, 4.69) is 21.9 Å². The van der Waals surface area contributed by atoms with Gasteiger partial charge in [-0.1, -0.05) is 5.92 Å². The highest BCUT2D eigenvalue weighted by Gasteiger charge is 2.16. The number of esters is 1. The van der Waals surface area contributed by atoms with Crippen molar-refractivity contribution in [2.24, 2.45) is 0 Å². The van der Waals surface area contributed by atoms with Crippen LogP contribution in [0.4, 0.5) is 4.79 Å². The number of amides is 1. The highest BCUT2D eigenvalue weighted by molar-refractivity contribution is 5.88. The van der Waals surface area contributed by atoms with E-state index in [0.717, 1.165) is 0 Å².